The van der Waals surface area contributed by atoms with Crippen LogP contribution in [0.2, 0.25) is 0 Å². The summed E-state index contributed by atoms with van der Waals surface area (Å²) < 4.78 is 0. The zero-order valence-electron chi connectivity index (χ0n) is 10.8. The van der Waals surface area contributed by atoms with E-state index in [2.05, 4.69) is 17.4 Å². The van der Waals surface area contributed by atoms with Crippen molar-refractivity contribution in [1.82, 2.24) is 0 Å². The second-order valence-corrected chi connectivity index (χ2v) is 4.42. The molecule has 0 saturated carbocycles. The van der Waals surface area contributed by atoms with Crippen molar-refractivity contribution in [2.75, 3.05) is 11.9 Å². The molecule has 1 N–H and O–H groups in total. The van der Waals surface area contributed by atoms with Crippen molar-refractivity contribution in [2.24, 2.45) is 0 Å². The Morgan fingerprint density at radius 3 is 2.53 bits per heavy atom. The third-order valence-electron chi connectivity index (χ3n) is 2.99. The molecular weight excluding hydrogens is 240 g/mol. The average Bonchev–Trinajstić information content (AvgIpc) is 2.41. The summed E-state index contributed by atoms with van der Waals surface area (Å²) in [5.41, 5.74) is 3.24. The zero-order chi connectivity index (χ0) is 13.7. The van der Waals surface area contributed by atoms with Crippen LogP contribution in [0, 0.1) is 17.0 Å². The van der Waals surface area contributed by atoms with E-state index in [0.717, 1.165) is 24.2 Å². The molecule has 0 radical (unpaired) electrons. The number of nitro benzene ring substituents is 1. The number of nitro groups is 1. The summed E-state index contributed by atoms with van der Waals surface area (Å²) in [5.74, 6) is 0. The van der Waals surface area contributed by atoms with Gasteiger partial charge in [0.25, 0.3) is 5.69 Å². The molecule has 0 atom stereocenters. The van der Waals surface area contributed by atoms with Crippen molar-refractivity contribution in [1.29, 1.82) is 0 Å². The Hall–Kier alpha value is -2.36. The normalized spacial score (nSPS) is 10.2. The smallest absolute Gasteiger partial charge is 0.269 e. The highest BCUT2D eigenvalue weighted by Gasteiger charge is 2.07. The quantitative estimate of drug-likeness (QED) is 0.657. The van der Waals surface area contributed by atoms with E-state index >= 15 is 0 Å². The van der Waals surface area contributed by atoms with Gasteiger partial charge in [0, 0.05) is 24.4 Å². The third kappa shape index (κ3) is 3.55. The van der Waals surface area contributed by atoms with Crippen molar-refractivity contribution in [3.8, 4) is 0 Å². The standard InChI is InChI=1S/C15H16N2O2/c1-12-11-14(17(18)19)7-8-15(12)16-10-9-13-5-3-2-4-6-13/h2-8,11,16H,9-10H2,1H3. The van der Waals surface area contributed by atoms with Crippen LogP contribution in [-0.4, -0.2) is 11.5 Å². The number of hydrogen-bond donors (Lipinski definition) is 1. The van der Waals surface area contributed by atoms with Gasteiger partial charge in [-0.05, 0) is 30.5 Å². The molecule has 19 heavy (non-hydrogen) atoms. The minimum Gasteiger partial charge on any atom is -0.384 e. The molecule has 2 aromatic rings. The fourth-order valence-electron chi connectivity index (χ4n) is 1.95. The van der Waals surface area contributed by atoms with Crippen LogP contribution >= 0.6 is 0 Å². The van der Waals surface area contributed by atoms with Gasteiger partial charge in [0.2, 0.25) is 0 Å². The monoisotopic (exact) mass is 256 g/mol. The molecule has 0 fully saturated rings. The van der Waals surface area contributed by atoms with Crippen LogP contribution in [0.3, 0.4) is 0 Å². The fourth-order valence-corrected chi connectivity index (χ4v) is 1.95. The Kier molecular flexibility index (Phi) is 4.13. The molecule has 0 heterocycles. The molecule has 0 unspecified atom stereocenters. The topological polar surface area (TPSA) is 55.2 Å². The highest BCUT2D eigenvalue weighted by molar-refractivity contribution is 5.55. The van der Waals surface area contributed by atoms with E-state index in [-0.39, 0.29) is 10.6 Å². The van der Waals surface area contributed by atoms with Gasteiger partial charge in [0.05, 0.1) is 4.92 Å². The fraction of sp³-hybridized carbons (Fsp3) is 0.200. The van der Waals surface area contributed by atoms with E-state index in [1.165, 1.54) is 11.6 Å². The predicted octanol–water partition coefficient (Wildman–Crippen LogP) is 3.56. The van der Waals surface area contributed by atoms with Crippen LogP contribution in [-0.2, 0) is 6.42 Å². The summed E-state index contributed by atoms with van der Waals surface area (Å²) >= 11 is 0. The minimum atomic E-state index is -0.374. The average molecular weight is 256 g/mol. The number of nitrogens with one attached hydrogen (secondary N) is 1. The van der Waals surface area contributed by atoms with Crippen LogP contribution in [0.5, 0.6) is 0 Å². The number of nitrogens with zero attached hydrogens (tertiary/aromatic N) is 1. The molecule has 0 aromatic heterocycles. The first-order valence-electron chi connectivity index (χ1n) is 6.19. The molecule has 0 aliphatic rings. The summed E-state index contributed by atoms with van der Waals surface area (Å²) in [4.78, 5) is 10.3. The Bertz CT molecular complexity index is 568. The molecule has 2 aromatic carbocycles. The zero-order valence-corrected chi connectivity index (χ0v) is 10.8. The first-order valence-corrected chi connectivity index (χ1v) is 6.19. The number of anilines is 1. The largest absolute Gasteiger partial charge is 0.384 e. The highest BCUT2D eigenvalue weighted by Crippen LogP contribution is 2.21. The third-order valence-corrected chi connectivity index (χ3v) is 2.99. The number of rotatable bonds is 5. The summed E-state index contributed by atoms with van der Waals surface area (Å²) in [6.07, 6.45) is 0.928. The summed E-state index contributed by atoms with van der Waals surface area (Å²) in [5, 5.41) is 14.0. The lowest BCUT2D eigenvalue weighted by Crippen LogP contribution is -2.06. The van der Waals surface area contributed by atoms with E-state index < -0.39 is 0 Å². The van der Waals surface area contributed by atoms with Crippen molar-refractivity contribution in [3.05, 3.63) is 69.8 Å². The van der Waals surface area contributed by atoms with Crippen molar-refractivity contribution in [2.45, 2.75) is 13.3 Å². The van der Waals surface area contributed by atoms with Gasteiger partial charge in [-0.15, -0.1) is 0 Å². The second-order valence-electron chi connectivity index (χ2n) is 4.42. The lowest BCUT2D eigenvalue weighted by Gasteiger charge is -2.09. The molecule has 0 amide bonds. The molecule has 0 saturated heterocycles. The van der Waals surface area contributed by atoms with Gasteiger partial charge < -0.3 is 5.32 Å². The van der Waals surface area contributed by atoms with Gasteiger partial charge in [-0.2, -0.15) is 0 Å². The van der Waals surface area contributed by atoms with Crippen LogP contribution in [0.1, 0.15) is 11.1 Å². The van der Waals surface area contributed by atoms with E-state index in [1.54, 1.807) is 12.1 Å². The maximum Gasteiger partial charge on any atom is 0.269 e. The molecule has 0 aliphatic heterocycles. The lowest BCUT2D eigenvalue weighted by atomic mass is 10.1. The van der Waals surface area contributed by atoms with Gasteiger partial charge in [-0.1, -0.05) is 30.3 Å². The van der Waals surface area contributed by atoms with E-state index in [1.807, 2.05) is 25.1 Å². The van der Waals surface area contributed by atoms with Crippen molar-refractivity contribution >= 4 is 11.4 Å². The second kappa shape index (κ2) is 6.00. The molecule has 0 aliphatic carbocycles. The van der Waals surface area contributed by atoms with Gasteiger partial charge in [0.15, 0.2) is 0 Å². The molecule has 0 spiro atoms. The summed E-state index contributed by atoms with van der Waals surface area (Å²) in [7, 11) is 0. The molecule has 4 nitrogen and oxygen atoms in total. The maximum absolute atomic E-state index is 10.6. The highest BCUT2D eigenvalue weighted by atomic mass is 16.6. The number of non-ortho nitro benzene ring substituents is 1. The van der Waals surface area contributed by atoms with Gasteiger partial charge >= 0.3 is 0 Å². The van der Waals surface area contributed by atoms with Crippen LogP contribution in [0.25, 0.3) is 0 Å². The van der Waals surface area contributed by atoms with Gasteiger partial charge in [-0.25, -0.2) is 0 Å². The Balaban J connectivity index is 1.95. The molecule has 2 rings (SSSR count). The van der Waals surface area contributed by atoms with Gasteiger partial charge in [0.1, 0.15) is 0 Å². The SMILES string of the molecule is Cc1cc([N+](=O)[O-])ccc1NCCc1ccccc1. The molecular formula is C15H16N2O2. The number of benzene rings is 2. The van der Waals surface area contributed by atoms with Crippen molar-refractivity contribution < 1.29 is 4.92 Å². The van der Waals surface area contributed by atoms with E-state index in [9.17, 15) is 10.1 Å². The predicted molar refractivity (Wildman–Crippen MR) is 76.5 cm³/mol. The maximum atomic E-state index is 10.6. The van der Waals surface area contributed by atoms with Crippen LogP contribution in [0.15, 0.2) is 48.5 Å². The first kappa shape index (κ1) is 13.1. The molecule has 4 heteroatoms. The number of hydrogen-bond acceptors (Lipinski definition) is 3. The Labute approximate surface area is 112 Å². The van der Waals surface area contributed by atoms with Crippen LogP contribution < -0.4 is 5.32 Å². The van der Waals surface area contributed by atoms with E-state index in [0.29, 0.717) is 0 Å². The minimum absolute atomic E-state index is 0.131. The Morgan fingerprint density at radius 2 is 1.89 bits per heavy atom. The van der Waals surface area contributed by atoms with Gasteiger partial charge in [-0.3, -0.25) is 10.1 Å². The summed E-state index contributed by atoms with van der Waals surface area (Å²) in [6.45, 7) is 2.68. The molecule has 0 bridgehead atoms. The van der Waals surface area contributed by atoms with E-state index in [4.69, 9.17) is 0 Å². The van der Waals surface area contributed by atoms with Crippen LogP contribution in [0.4, 0.5) is 11.4 Å². The van der Waals surface area contributed by atoms with Crippen molar-refractivity contribution in [3.63, 3.8) is 0 Å². The number of aryl methyl sites for hydroxylation is 1. The summed E-state index contributed by atoms with van der Waals surface area (Å²) in [6, 6.07) is 15.1. The molecule has 98 valence electrons. The first-order chi connectivity index (χ1) is 9.16. The lowest BCUT2D eigenvalue weighted by molar-refractivity contribution is -0.384. The Morgan fingerprint density at radius 1 is 1.16 bits per heavy atom.